The number of nitrogens with zero attached hydrogens (tertiary/aromatic N) is 1. The van der Waals surface area contributed by atoms with Gasteiger partial charge in [0.15, 0.2) is 0 Å². The first-order valence-corrected chi connectivity index (χ1v) is 6.14. The molecule has 1 heterocycles. The highest BCUT2D eigenvalue weighted by Crippen LogP contribution is 2.28. The minimum absolute atomic E-state index is 0.0205. The molecule has 0 bridgehead atoms. The van der Waals surface area contributed by atoms with Crippen LogP contribution in [0.15, 0.2) is 10.9 Å². The van der Waals surface area contributed by atoms with Gasteiger partial charge in [0.2, 0.25) is 0 Å². The lowest BCUT2D eigenvalue weighted by Gasteiger charge is -2.16. The molecule has 0 saturated heterocycles. The van der Waals surface area contributed by atoms with Crippen LogP contribution in [0.25, 0.3) is 0 Å². The molecular formula is C12H15F3N2O4. The maximum Gasteiger partial charge on any atom is 0.421 e. The van der Waals surface area contributed by atoms with E-state index in [1.165, 1.54) is 7.11 Å². The number of hydrogen-bond acceptors (Lipinski definition) is 5. The van der Waals surface area contributed by atoms with Gasteiger partial charge in [-0.3, -0.25) is 9.59 Å². The Bertz CT molecular complexity index is 542. The molecular weight excluding hydrogens is 293 g/mol. The van der Waals surface area contributed by atoms with Gasteiger partial charge in [-0.05, 0) is 12.5 Å². The van der Waals surface area contributed by atoms with Crippen LogP contribution in [0.5, 0.6) is 0 Å². The summed E-state index contributed by atoms with van der Waals surface area (Å²) in [5, 5.41) is 5.37. The minimum atomic E-state index is -4.77. The van der Waals surface area contributed by atoms with Crippen molar-refractivity contribution in [3.8, 4) is 0 Å². The van der Waals surface area contributed by atoms with Gasteiger partial charge in [-0.25, -0.2) is 5.10 Å². The molecule has 0 aliphatic carbocycles. The number of ether oxygens (including phenoxy) is 2. The zero-order chi connectivity index (χ0) is 16.0. The van der Waals surface area contributed by atoms with Crippen molar-refractivity contribution < 1.29 is 27.4 Å². The van der Waals surface area contributed by atoms with Gasteiger partial charge in [0.25, 0.3) is 5.56 Å². The minimum Gasteiger partial charge on any atom is -0.469 e. The van der Waals surface area contributed by atoms with E-state index in [4.69, 9.17) is 4.74 Å². The van der Waals surface area contributed by atoms with E-state index in [1.807, 2.05) is 0 Å². The zero-order valence-corrected chi connectivity index (χ0v) is 11.5. The van der Waals surface area contributed by atoms with Crippen LogP contribution in [-0.2, 0) is 20.4 Å². The fourth-order valence-corrected chi connectivity index (χ4v) is 1.60. The Labute approximate surface area is 118 Å². The quantitative estimate of drug-likeness (QED) is 0.811. The second kappa shape index (κ2) is 7.21. The van der Waals surface area contributed by atoms with Crippen molar-refractivity contribution in [2.24, 2.45) is 0 Å². The summed E-state index contributed by atoms with van der Waals surface area (Å²) in [6, 6.07) is 0.658. The Morgan fingerprint density at radius 2 is 2.14 bits per heavy atom. The maximum absolute atomic E-state index is 12.6. The number of methoxy groups -OCH3 is 1. The number of rotatable bonds is 6. The molecule has 118 valence electrons. The molecule has 21 heavy (non-hydrogen) atoms. The smallest absolute Gasteiger partial charge is 0.421 e. The molecule has 0 fully saturated rings. The van der Waals surface area contributed by atoms with Crippen LogP contribution < -0.4 is 5.56 Å². The van der Waals surface area contributed by atoms with Crippen molar-refractivity contribution in [2.45, 2.75) is 32.0 Å². The Balaban J connectivity index is 2.86. The molecule has 1 atom stereocenters. The van der Waals surface area contributed by atoms with Gasteiger partial charge in [-0.15, -0.1) is 0 Å². The molecule has 0 saturated carbocycles. The fraction of sp³-hybridized carbons (Fsp3) is 0.583. The predicted octanol–water partition coefficient (Wildman–Crippen LogP) is 1.82. The molecule has 0 aliphatic rings. The fourth-order valence-electron chi connectivity index (χ4n) is 1.60. The highest BCUT2D eigenvalue weighted by atomic mass is 19.4. The number of aromatic amines is 1. The van der Waals surface area contributed by atoms with E-state index in [2.05, 4.69) is 9.84 Å². The van der Waals surface area contributed by atoms with Crippen molar-refractivity contribution in [1.82, 2.24) is 10.2 Å². The second-order valence-electron chi connectivity index (χ2n) is 4.13. The van der Waals surface area contributed by atoms with Crippen LogP contribution in [0.2, 0.25) is 0 Å². The summed E-state index contributed by atoms with van der Waals surface area (Å²) >= 11 is 0. The van der Waals surface area contributed by atoms with Crippen LogP contribution in [0, 0.1) is 0 Å². The molecule has 1 aromatic heterocycles. The van der Waals surface area contributed by atoms with E-state index >= 15 is 0 Å². The van der Waals surface area contributed by atoms with E-state index < -0.39 is 29.4 Å². The van der Waals surface area contributed by atoms with Crippen LogP contribution in [-0.4, -0.2) is 29.9 Å². The SMILES string of the molecule is CCC(OCCC(=O)OC)c1cc(C(F)(F)F)c(=O)[nH]n1. The van der Waals surface area contributed by atoms with Crippen LogP contribution in [0.4, 0.5) is 13.2 Å². The van der Waals surface area contributed by atoms with Crippen molar-refractivity contribution in [2.75, 3.05) is 13.7 Å². The van der Waals surface area contributed by atoms with Gasteiger partial charge in [0, 0.05) is 0 Å². The van der Waals surface area contributed by atoms with Crippen molar-refractivity contribution >= 4 is 5.97 Å². The number of alkyl halides is 3. The third-order valence-electron chi connectivity index (χ3n) is 2.68. The van der Waals surface area contributed by atoms with E-state index in [0.29, 0.717) is 12.5 Å². The standard InChI is InChI=1S/C12H15F3N2O4/c1-3-9(21-5-4-10(18)20-2)8-6-7(12(13,14)15)11(19)17-16-8/h6,9H,3-5H2,1-2H3,(H,17,19). The van der Waals surface area contributed by atoms with Crippen LogP contribution >= 0.6 is 0 Å². The van der Waals surface area contributed by atoms with Gasteiger partial charge in [0.05, 0.1) is 25.8 Å². The number of carbonyl (C=O) groups is 1. The summed E-state index contributed by atoms with van der Waals surface area (Å²) in [4.78, 5) is 22.1. The summed E-state index contributed by atoms with van der Waals surface area (Å²) in [5.74, 6) is -0.490. The number of nitrogens with one attached hydrogen (secondary N) is 1. The lowest BCUT2D eigenvalue weighted by Crippen LogP contribution is -2.24. The number of hydrogen-bond donors (Lipinski definition) is 1. The highest BCUT2D eigenvalue weighted by molar-refractivity contribution is 5.69. The monoisotopic (exact) mass is 308 g/mol. The summed E-state index contributed by atoms with van der Waals surface area (Å²) in [6.45, 7) is 1.66. The average Bonchev–Trinajstić information content (AvgIpc) is 2.43. The molecule has 1 N–H and O–H groups in total. The third kappa shape index (κ3) is 4.85. The molecule has 1 unspecified atom stereocenters. The number of esters is 1. The number of aromatic nitrogens is 2. The lowest BCUT2D eigenvalue weighted by molar-refractivity contribution is -0.142. The molecule has 9 heteroatoms. The van der Waals surface area contributed by atoms with Crippen molar-refractivity contribution in [1.29, 1.82) is 0 Å². The van der Waals surface area contributed by atoms with Crippen molar-refractivity contribution in [3.05, 3.63) is 27.7 Å². The third-order valence-corrected chi connectivity index (χ3v) is 2.68. The molecule has 0 amide bonds. The van der Waals surface area contributed by atoms with E-state index in [0.717, 1.165) is 0 Å². The van der Waals surface area contributed by atoms with Crippen LogP contribution in [0.1, 0.15) is 37.1 Å². The van der Waals surface area contributed by atoms with Gasteiger partial charge < -0.3 is 9.47 Å². The highest BCUT2D eigenvalue weighted by Gasteiger charge is 2.35. The molecule has 0 spiro atoms. The van der Waals surface area contributed by atoms with Gasteiger partial charge in [-0.1, -0.05) is 6.92 Å². The Kier molecular flexibility index (Phi) is 5.89. The lowest BCUT2D eigenvalue weighted by atomic mass is 10.1. The van der Waals surface area contributed by atoms with Crippen LogP contribution in [0.3, 0.4) is 0 Å². The maximum atomic E-state index is 12.6. The van der Waals surface area contributed by atoms with Gasteiger partial charge in [-0.2, -0.15) is 18.3 Å². The molecule has 0 radical (unpaired) electrons. The summed E-state index contributed by atoms with van der Waals surface area (Å²) in [5.41, 5.74) is -2.69. The summed E-state index contributed by atoms with van der Waals surface area (Å²) < 4.78 is 47.7. The number of H-pyrrole nitrogens is 1. The van der Waals surface area contributed by atoms with E-state index in [1.54, 1.807) is 12.0 Å². The number of halogens is 3. The molecule has 1 aromatic rings. The first-order chi connectivity index (χ1) is 9.79. The molecule has 6 nitrogen and oxygen atoms in total. The molecule has 0 aliphatic heterocycles. The Morgan fingerprint density at radius 3 is 2.67 bits per heavy atom. The zero-order valence-electron chi connectivity index (χ0n) is 11.5. The first-order valence-electron chi connectivity index (χ1n) is 6.14. The number of carbonyl (C=O) groups excluding carboxylic acids is 1. The van der Waals surface area contributed by atoms with E-state index in [9.17, 15) is 22.8 Å². The van der Waals surface area contributed by atoms with Gasteiger partial charge in [0.1, 0.15) is 11.7 Å². The van der Waals surface area contributed by atoms with E-state index in [-0.39, 0.29) is 18.7 Å². The summed E-state index contributed by atoms with van der Waals surface area (Å²) in [6.07, 6.45) is -5.22. The molecule has 1 rings (SSSR count). The van der Waals surface area contributed by atoms with Gasteiger partial charge >= 0.3 is 12.1 Å². The largest absolute Gasteiger partial charge is 0.469 e. The topological polar surface area (TPSA) is 81.3 Å². The predicted molar refractivity (Wildman–Crippen MR) is 65.5 cm³/mol. The Hall–Kier alpha value is -1.90. The molecule has 0 aromatic carbocycles. The van der Waals surface area contributed by atoms with Crippen molar-refractivity contribution in [3.63, 3.8) is 0 Å². The average molecular weight is 308 g/mol. The first kappa shape index (κ1) is 17.2. The summed E-state index contributed by atoms with van der Waals surface area (Å²) in [7, 11) is 1.22. The normalized spacial score (nSPS) is 13.0. The Morgan fingerprint density at radius 1 is 1.48 bits per heavy atom. The second-order valence-corrected chi connectivity index (χ2v) is 4.13.